The Bertz CT molecular complexity index is 956. The lowest BCUT2D eigenvalue weighted by Crippen LogP contribution is -2.24. The number of sulfonamides is 1. The summed E-state index contributed by atoms with van der Waals surface area (Å²) in [5, 5.41) is 11.2. The lowest BCUT2D eigenvalue weighted by Gasteiger charge is -2.14. The summed E-state index contributed by atoms with van der Waals surface area (Å²) in [6.45, 7) is 1.47. The van der Waals surface area contributed by atoms with Crippen LogP contribution in [0.4, 0.5) is 11.4 Å². The highest BCUT2D eigenvalue weighted by Crippen LogP contribution is 2.32. The number of carbonyl (C=O) groups is 1. The molecule has 0 bridgehead atoms. The Hall–Kier alpha value is -3.14. The second-order valence-electron chi connectivity index (χ2n) is 5.67. The molecule has 1 atom stereocenters. The Morgan fingerprint density at radius 1 is 1.19 bits per heavy atom. The molecule has 0 fully saturated rings. The Morgan fingerprint density at radius 3 is 2.33 bits per heavy atom. The van der Waals surface area contributed by atoms with Crippen LogP contribution in [0.25, 0.3) is 0 Å². The van der Waals surface area contributed by atoms with E-state index in [0.717, 1.165) is 6.26 Å². The summed E-state index contributed by atoms with van der Waals surface area (Å²) in [5.41, 5.74) is 0.271. The average molecular weight is 394 g/mol. The fraction of sp³-hybridized carbons (Fsp3) is 0.235. The van der Waals surface area contributed by atoms with E-state index in [-0.39, 0.29) is 17.0 Å². The number of rotatable bonds is 8. The van der Waals surface area contributed by atoms with Crippen LogP contribution >= 0.6 is 0 Å². The number of nitrogens with zero attached hydrogens (tertiary/aromatic N) is 1. The normalized spacial score (nSPS) is 12.1. The standard InChI is InChI=1S/C17H18N2O7S/c1-11(26-16-9-8-14(25-2)10-15(16)19(21)22)17(20)12-4-6-13(7-5-12)18-27(3,23)24/h4-11,18H,1-3H3. The molecule has 27 heavy (non-hydrogen) atoms. The topological polar surface area (TPSA) is 125 Å². The highest BCUT2D eigenvalue weighted by molar-refractivity contribution is 7.92. The zero-order chi connectivity index (χ0) is 20.2. The molecule has 0 saturated heterocycles. The summed E-state index contributed by atoms with van der Waals surface area (Å²) in [6.07, 6.45) is 0.0230. The van der Waals surface area contributed by atoms with Crippen molar-refractivity contribution in [2.75, 3.05) is 18.1 Å². The summed E-state index contributed by atoms with van der Waals surface area (Å²) < 4.78 is 35.1. The molecule has 0 heterocycles. The minimum Gasteiger partial charge on any atom is -0.496 e. The van der Waals surface area contributed by atoms with Gasteiger partial charge in [0.05, 0.1) is 24.4 Å². The summed E-state index contributed by atoms with van der Waals surface area (Å²) in [6, 6.07) is 9.83. The lowest BCUT2D eigenvalue weighted by atomic mass is 10.1. The number of ketones is 1. The van der Waals surface area contributed by atoms with Crippen LogP contribution in [-0.2, 0) is 10.0 Å². The molecule has 0 radical (unpaired) electrons. The smallest absolute Gasteiger partial charge is 0.314 e. The largest absolute Gasteiger partial charge is 0.496 e. The first kappa shape index (κ1) is 20.2. The summed E-state index contributed by atoms with van der Waals surface area (Å²) in [5.74, 6) is -0.176. The third kappa shape index (κ3) is 5.42. The average Bonchev–Trinajstić information content (AvgIpc) is 2.60. The number of benzene rings is 2. The number of ether oxygens (including phenoxy) is 2. The molecular weight excluding hydrogens is 376 g/mol. The van der Waals surface area contributed by atoms with Crippen molar-refractivity contribution >= 4 is 27.2 Å². The van der Waals surface area contributed by atoms with E-state index in [1.165, 1.54) is 56.5 Å². The molecule has 0 aliphatic heterocycles. The Labute approximate surface area is 156 Å². The van der Waals surface area contributed by atoms with Crippen LogP contribution in [0.5, 0.6) is 11.5 Å². The SMILES string of the molecule is COc1ccc(OC(C)C(=O)c2ccc(NS(C)(=O)=O)cc2)c([N+](=O)[O-])c1. The van der Waals surface area contributed by atoms with Crippen molar-refractivity contribution in [3.8, 4) is 11.5 Å². The molecule has 9 nitrogen and oxygen atoms in total. The van der Waals surface area contributed by atoms with Gasteiger partial charge in [0.1, 0.15) is 5.75 Å². The zero-order valence-corrected chi connectivity index (χ0v) is 15.6. The van der Waals surface area contributed by atoms with Gasteiger partial charge in [0.15, 0.2) is 11.9 Å². The van der Waals surface area contributed by atoms with Crippen LogP contribution in [0.2, 0.25) is 0 Å². The zero-order valence-electron chi connectivity index (χ0n) is 14.8. The molecule has 0 aliphatic carbocycles. The maximum absolute atomic E-state index is 12.5. The molecule has 0 aliphatic rings. The van der Waals surface area contributed by atoms with Crippen LogP contribution in [0, 0.1) is 10.1 Å². The molecule has 0 spiro atoms. The van der Waals surface area contributed by atoms with Crippen molar-refractivity contribution in [3.63, 3.8) is 0 Å². The van der Waals surface area contributed by atoms with Crippen LogP contribution in [-0.4, -0.2) is 38.6 Å². The van der Waals surface area contributed by atoms with Gasteiger partial charge < -0.3 is 9.47 Å². The summed E-state index contributed by atoms with van der Waals surface area (Å²) in [7, 11) is -2.04. The molecule has 2 aromatic carbocycles. The van der Waals surface area contributed by atoms with Gasteiger partial charge in [-0.1, -0.05) is 0 Å². The van der Waals surface area contributed by atoms with Crippen molar-refractivity contribution in [2.24, 2.45) is 0 Å². The van der Waals surface area contributed by atoms with Crippen LogP contribution < -0.4 is 14.2 Å². The third-order valence-corrected chi connectivity index (χ3v) is 4.11. The maximum Gasteiger partial charge on any atom is 0.314 e. The number of methoxy groups -OCH3 is 1. The van der Waals surface area contributed by atoms with Crippen molar-refractivity contribution in [1.82, 2.24) is 0 Å². The number of anilines is 1. The molecule has 144 valence electrons. The fourth-order valence-electron chi connectivity index (χ4n) is 2.26. The molecule has 2 aromatic rings. The minimum absolute atomic E-state index is 0.0583. The molecule has 10 heteroatoms. The van der Waals surface area contributed by atoms with E-state index in [1.54, 1.807) is 0 Å². The molecule has 1 unspecified atom stereocenters. The predicted octanol–water partition coefficient (Wildman–Crippen LogP) is 2.63. The van der Waals surface area contributed by atoms with E-state index in [4.69, 9.17) is 9.47 Å². The minimum atomic E-state index is -3.42. The molecule has 0 amide bonds. The van der Waals surface area contributed by atoms with Crippen molar-refractivity contribution in [2.45, 2.75) is 13.0 Å². The lowest BCUT2D eigenvalue weighted by molar-refractivity contribution is -0.386. The van der Waals surface area contributed by atoms with Crippen LogP contribution in [0.3, 0.4) is 0 Å². The molecule has 0 aromatic heterocycles. The number of carbonyl (C=O) groups excluding carboxylic acids is 1. The Balaban J connectivity index is 2.17. The third-order valence-electron chi connectivity index (χ3n) is 3.51. The molecule has 2 rings (SSSR count). The molecule has 0 saturated carbocycles. The number of nitro groups is 1. The van der Waals surface area contributed by atoms with E-state index < -0.39 is 26.8 Å². The van der Waals surface area contributed by atoms with Crippen molar-refractivity contribution in [1.29, 1.82) is 0 Å². The van der Waals surface area contributed by atoms with E-state index in [9.17, 15) is 23.3 Å². The van der Waals surface area contributed by atoms with Crippen molar-refractivity contribution in [3.05, 3.63) is 58.1 Å². The quantitative estimate of drug-likeness (QED) is 0.414. The van der Waals surface area contributed by atoms with Gasteiger partial charge in [-0.05, 0) is 43.3 Å². The van der Waals surface area contributed by atoms with Gasteiger partial charge in [-0.15, -0.1) is 0 Å². The van der Waals surface area contributed by atoms with Gasteiger partial charge in [-0.25, -0.2) is 8.42 Å². The number of hydrogen-bond acceptors (Lipinski definition) is 7. The molecule has 1 N–H and O–H groups in total. The van der Waals surface area contributed by atoms with E-state index in [0.29, 0.717) is 11.4 Å². The van der Waals surface area contributed by atoms with Gasteiger partial charge in [-0.2, -0.15) is 0 Å². The molecular formula is C17H18N2O7S. The Kier molecular flexibility index (Phi) is 6.01. The van der Waals surface area contributed by atoms with Gasteiger partial charge in [0, 0.05) is 11.3 Å². The van der Waals surface area contributed by atoms with Crippen molar-refractivity contribution < 1.29 is 27.6 Å². The number of Topliss-reactive ketones (excluding diaryl/α,β-unsaturated/α-hetero) is 1. The second-order valence-corrected chi connectivity index (χ2v) is 7.42. The second kappa shape index (κ2) is 8.04. The monoisotopic (exact) mass is 394 g/mol. The first-order valence-electron chi connectivity index (χ1n) is 7.72. The van der Waals surface area contributed by atoms with Gasteiger partial charge in [0.25, 0.3) is 0 Å². The fourth-order valence-corrected chi connectivity index (χ4v) is 2.83. The van der Waals surface area contributed by atoms with Crippen LogP contribution in [0.1, 0.15) is 17.3 Å². The maximum atomic E-state index is 12.5. The summed E-state index contributed by atoms with van der Waals surface area (Å²) >= 11 is 0. The van der Waals surface area contributed by atoms with Gasteiger partial charge in [-0.3, -0.25) is 19.6 Å². The Morgan fingerprint density at radius 2 is 1.81 bits per heavy atom. The number of nitro benzene ring substituents is 1. The van der Waals surface area contributed by atoms with Gasteiger partial charge in [0.2, 0.25) is 15.8 Å². The number of nitrogens with one attached hydrogen (secondary N) is 1. The first-order valence-corrected chi connectivity index (χ1v) is 9.61. The van der Waals surface area contributed by atoms with Crippen LogP contribution in [0.15, 0.2) is 42.5 Å². The van der Waals surface area contributed by atoms with Gasteiger partial charge >= 0.3 is 5.69 Å². The summed E-state index contributed by atoms with van der Waals surface area (Å²) in [4.78, 5) is 23.1. The van der Waals surface area contributed by atoms with E-state index >= 15 is 0 Å². The predicted molar refractivity (Wildman–Crippen MR) is 99.0 cm³/mol. The first-order chi connectivity index (χ1) is 12.6. The van der Waals surface area contributed by atoms with E-state index in [1.807, 2.05) is 0 Å². The van der Waals surface area contributed by atoms with E-state index in [2.05, 4.69) is 4.72 Å². The number of hydrogen-bond donors (Lipinski definition) is 1. The highest BCUT2D eigenvalue weighted by atomic mass is 32.2. The highest BCUT2D eigenvalue weighted by Gasteiger charge is 2.23.